The molecule has 0 aromatic carbocycles. The van der Waals surface area contributed by atoms with Crippen LogP contribution in [-0.4, -0.2) is 29.9 Å². The second kappa shape index (κ2) is 5.20. The lowest BCUT2D eigenvalue weighted by atomic mass is 10.9. The molecule has 0 aliphatic heterocycles. The Labute approximate surface area is 92.0 Å². The van der Waals surface area contributed by atoms with Crippen LogP contribution in [-0.2, 0) is 0 Å². The van der Waals surface area contributed by atoms with Crippen LogP contribution in [0, 0.1) is 0 Å². The van der Waals surface area contributed by atoms with Crippen LogP contribution in [0.2, 0.25) is 0 Å². The fraction of sp³-hybridized carbons (Fsp3) is 0. The Morgan fingerprint density at radius 2 is 1.18 bits per heavy atom. The van der Waals surface area contributed by atoms with Crippen molar-refractivity contribution in [1.29, 1.82) is 0 Å². The fourth-order valence-electron chi connectivity index (χ4n) is 0.725. The average Bonchev–Trinajstić information content (AvgIpc) is 2.15. The van der Waals surface area contributed by atoms with E-state index in [0.29, 0.717) is 0 Å². The third-order valence-electron chi connectivity index (χ3n) is 1.29. The van der Waals surface area contributed by atoms with Gasteiger partial charge in [0.25, 0.3) is 0 Å². The first kappa shape index (κ1) is 12.1. The average molecular weight is 240 g/mol. The van der Waals surface area contributed by atoms with Gasteiger partial charge in [-0.15, -0.1) is 0 Å². The highest BCUT2D eigenvalue weighted by Gasteiger charge is 1.86. The zero-order valence-corrected chi connectivity index (χ0v) is 8.30. The van der Waals surface area contributed by atoms with E-state index in [1.165, 1.54) is 6.33 Å². The van der Waals surface area contributed by atoms with Crippen molar-refractivity contribution in [2.45, 2.75) is 0 Å². The van der Waals surface area contributed by atoms with E-state index in [2.05, 4.69) is 15.0 Å². The molecule has 0 bridgehead atoms. The lowest BCUT2D eigenvalue weighted by Crippen LogP contribution is -2.34. The van der Waals surface area contributed by atoms with Gasteiger partial charge in [-0.05, 0) is 0 Å². The molecular weight excluding hydrogens is 232 g/mol. The number of nitrogens with one attached hydrogen (secondary N) is 3. The second-order valence-electron chi connectivity index (χ2n) is 2.56. The summed E-state index contributed by atoms with van der Waals surface area (Å²) in [7, 11) is 0. The molecular formula is C6H8N8O3. The number of nitrogen functional groups attached to an aromatic ring is 2. The van der Waals surface area contributed by atoms with Crippen molar-refractivity contribution in [3.8, 4) is 0 Å². The largest absolute Gasteiger partial charge is 0.368 e. The van der Waals surface area contributed by atoms with Gasteiger partial charge in [-0.2, -0.15) is 4.98 Å². The normalized spacial score (nSPS) is 9.18. The van der Waals surface area contributed by atoms with Crippen molar-refractivity contribution in [2.24, 2.45) is 0 Å². The summed E-state index contributed by atoms with van der Waals surface area (Å²) < 4.78 is 0. The van der Waals surface area contributed by atoms with Crippen molar-refractivity contribution in [1.82, 2.24) is 29.9 Å². The van der Waals surface area contributed by atoms with Crippen molar-refractivity contribution in [3.05, 3.63) is 37.8 Å². The zero-order valence-electron chi connectivity index (χ0n) is 8.30. The first-order chi connectivity index (χ1) is 7.97. The molecule has 90 valence electrons. The number of aromatic amines is 3. The SMILES string of the molecule is Nc1ncnc(N)n1.O=c1[nH]c(=O)[nH]c(=O)[nH]1. The highest BCUT2D eigenvalue weighted by Crippen LogP contribution is 1.88. The van der Waals surface area contributed by atoms with Crippen LogP contribution in [0.1, 0.15) is 0 Å². The van der Waals surface area contributed by atoms with E-state index >= 15 is 0 Å². The summed E-state index contributed by atoms with van der Waals surface area (Å²) in [6, 6.07) is 0. The Kier molecular flexibility index (Phi) is 3.70. The summed E-state index contributed by atoms with van der Waals surface area (Å²) >= 11 is 0. The van der Waals surface area contributed by atoms with Crippen LogP contribution < -0.4 is 28.5 Å². The molecule has 0 unspecified atom stereocenters. The van der Waals surface area contributed by atoms with Crippen LogP contribution in [0.3, 0.4) is 0 Å². The van der Waals surface area contributed by atoms with Gasteiger partial charge in [0.15, 0.2) is 0 Å². The zero-order chi connectivity index (χ0) is 12.8. The second-order valence-corrected chi connectivity index (χ2v) is 2.56. The van der Waals surface area contributed by atoms with Crippen LogP contribution in [0.4, 0.5) is 11.9 Å². The minimum atomic E-state index is -0.802. The molecule has 2 heterocycles. The molecule has 0 saturated heterocycles. The smallest absolute Gasteiger partial charge is 0.330 e. The van der Waals surface area contributed by atoms with Gasteiger partial charge in [-0.25, -0.2) is 24.4 Å². The van der Waals surface area contributed by atoms with Gasteiger partial charge in [-0.1, -0.05) is 0 Å². The van der Waals surface area contributed by atoms with Gasteiger partial charge in [0, 0.05) is 0 Å². The number of nitrogens with two attached hydrogens (primary N) is 2. The molecule has 0 spiro atoms. The molecule has 2 aromatic heterocycles. The number of hydrogen-bond donors (Lipinski definition) is 5. The Balaban J connectivity index is 0.000000171. The van der Waals surface area contributed by atoms with E-state index in [0.717, 1.165) is 0 Å². The van der Waals surface area contributed by atoms with Crippen molar-refractivity contribution in [2.75, 3.05) is 11.5 Å². The molecule has 0 aliphatic rings. The lowest BCUT2D eigenvalue weighted by molar-refractivity contribution is 0.888. The van der Waals surface area contributed by atoms with E-state index in [-0.39, 0.29) is 11.9 Å². The Bertz CT molecular complexity index is 559. The highest BCUT2D eigenvalue weighted by molar-refractivity contribution is 5.22. The Hall–Kier alpha value is -2.98. The van der Waals surface area contributed by atoms with Gasteiger partial charge in [0.2, 0.25) is 11.9 Å². The van der Waals surface area contributed by atoms with Gasteiger partial charge in [-0.3, -0.25) is 15.0 Å². The van der Waals surface area contributed by atoms with Crippen LogP contribution in [0.5, 0.6) is 0 Å². The molecule has 0 fully saturated rings. The summed E-state index contributed by atoms with van der Waals surface area (Å²) in [5.41, 5.74) is 7.83. The minimum Gasteiger partial charge on any atom is -0.368 e. The first-order valence-electron chi connectivity index (χ1n) is 4.10. The molecule has 11 heteroatoms. The Morgan fingerprint density at radius 1 is 0.824 bits per heavy atom. The predicted octanol–water partition coefficient (Wildman–Crippen LogP) is -3.21. The summed E-state index contributed by atoms with van der Waals surface area (Å²) in [6.07, 6.45) is 1.26. The highest BCUT2D eigenvalue weighted by atomic mass is 16.2. The topological polar surface area (TPSA) is 189 Å². The van der Waals surface area contributed by atoms with Crippen molar-refractivity contribution in [3.63, 3.8) is 0 Å². The van der Waals surface area contributed by atoms with Gasteiger partial charge in [0.1, 0.15) is 6.33 Å². The monoisotopic (exact) mass is 240 g/mol. The Morgan fingerprint density at radius 3 is 1.41 bits per heavy atom. The van der Waals surface area contributed by atoms with Crippen LogP contribution in [0.25, 0.3) is 0 Å². The molecule has 0 aliphatic carbocycles. The molecule has 11 nitrogen and oxygen atoms in total. The maximum absolute atomic E-state index is 10.2. The van der Waals surface area contributed by atoms with E-state index in [9.17, 15) is 14.4 Å². The molecule has 2 rings (SSSR count). The number of H-pyrrole nitrogens is 3. The van der Waals surface area contributed by atoms with E-state index in [4.69, 9.17) is 11.5 Å². The van der Waals surface area contributed by atoms with Crippen molar-refractivity contribution >= 4 is 11.9 Å². The number of nitrogens with zero attached hydrogens (tertiary/aromatic N) is 3. The predicted molar refractivity (Wildman–Crippen MR) is 57.0 cm³/mol. The first-order valence-corrected chi connectivity index (χ1v) is 4.10. The number of rotatable bonds is 0. The lowest BCUT2D eigenvalue weighted by Gasteiger charge is -1.88. The minimum absolute atomic E-state index is 0.150. The third-order valence-corrected chi connectivity index (χ3v) is 1.29. The number of anilines is 2. The van der Waals surface area contributed by atoms with E-state index < -0.39 is 17.1 Å². The molecule has 0 amide bonds. The van der Waals surface area contributed by atoms with Gasteiger partial charge in [0.05, 0.1) is 0 Å². The molecule has 7 N–H and O–H groups in total. The number of aromatic nitrogens is 6. The van der Waals surface area contributed by atoms with Crippen LogP contribution in [0.15, 0.2) is 20.7 Å². The van der Waals surface area contributed by atoms with Gasteiger partial charge >= 0.3 is 17.1 Å². The summed E-state index contributed by atoms with van der Waals surface area (Å²) in [5.74, 6) is 0.301. The summed E-state index contributed by atoms with van der Waals surface area (Å²) in [4.78, 5) is 46.4. The fourth-order valence-corrected chi connectivity index (χ4v) is 0.725. The van der Waals surface area contributed by atoms with Crippen LogP contribution >= 0.6 is 0 Å². The summed E-state index contributed by atoms with van der Waals surface area (Å²) in [6.45, 7) is 0. The molecule has 0 saturated carbocycles. The maximum Gasteiger partial charge on any atom is 0.330 e. The van der Waals surface area contributed by atoms with E-state index in [1.807, 2.05) is 0 Å². The molecule has 2 aromatic rings. The summed E-state index contributed by atoms with van der Waals surface area (Å²) in [5, 5.41) is 0. The van der Waals surface area contributed by atoms with Crippen molar-refractivity contribution < 1.29 is 0 Å². The molecule has 0 radical (unpaired) electrons. The van der Waals surface area contributed by atoms with E-state index in [1.54, 1.807) is 15.0 Å². The standard InChI is InChI=1S/C3H5N5.C3H3N3O3/c4-2-6-1-7-3(5)8-2;7-1-4-2(8)6-3(9)5-1/h1H,(H4,4,5,6,7,8);(H3,4,5,6,7,8,9). The molecule has 17 heavy (non-hydrogen) atoms. The maximum atomic E-state index is 10.2. The number of hydrogen-bond acceptors (Lipinski definition) is 8. The molecule has 0 atom stereocenters. The quantitative estimate of drug-likeness (QED) is 0.317. The van der Waals surface area contributed by atoms with Gasteiger partial charge < -0.3 is 11.5 Å². The third kappa shape index (κ3) is 4.37.